The first-order valence-electron chi connectivity index (χ1n) is 5.42. The van der Waals surface area contributed by atoms with Gasteiger partial charge in [-0.2, -0.15) is 8.78 Å². The van der Waals surface area contributed by atoms with E-state index in [0.29, 0.717) is 26.2 Å². The Morgan fingerprint density at radius 3 is 2.65 bits per heavy atom. The van der Waals surface area contributed by atoms with E-state index >= 15 is 0 Å². The van der Waals surface area contributed by atoms with Crippen LogP contribution in [0.5, 0.6) is 0 Å². The fourth-order valence-electron chi connectivity index (χ4n) is 1.72. The molecule has 1 fully saturated rings. The van der Waals surface area contributed by atoms with Gasteiger partial charge in [0.1, 0.15) is 5.69 Å². The lowest BCUT2D eigenvalue weighted by Gasteiger charge is -2.30. The molecule has 0 atom stereocenters. The summed E-state index contributed by atoms with van der Waals surface area (Å²) in [7, 11) is 0. The highest BCUT2D eigenvalue weighted by Crippen LogP contribution is 2.28. The SMILES string of the molecule is O=C(N1CCNCC1)C(F)(F)c1ccccn1. The predicted molar refractivity (Wildman–Crippen MR) is 57.6 cm³/mol. The van der Waals surface area contributed by atoms with Crippen LogP contribution in [-0.4, -0.2) is 42.0 Å². The molecule has 6 heteroatoms. The molecule has 1 aromatic rings. The Labute approximate surface area is 97.6 Å². The van der Waals surface area contributed by atoms with E-state index in [4.69, 9.17) is 0 Å². The van der Waals surface area contributed by atoms with Crippen LogP contribution >= 0.6 is 0 Å². The zero-order valence-electron chi connectivity index (χ0n) is 9.20. The number of pyridine rings is 1. The molecule has 0 saturated carbocycles. The number of nitrogens with one attached hydrogen (secondary N) is 1. The summed E-state index contributed by atoms with van der Waals surface area (Å²) in [4.78, 5) is 16.5. The number of alkyl halides is 2. The maximum Gasteiger partial charge on any atom is 0.366 e. The monoisotopic (exact) mass is 241 g/mol. The lowest BCUT2D eigenvalue weighted by Crippen LogP contribution is -2.51. The summed E-state index contributed by atoms with van der Waals surface area (Å²) in [6.07, 6.45) is 1.26. The fourth-order valence-corrected chi connectivity index (χ4v) is 1.72. The number of amides is 1. The zero-order valence-corrected chi connectivity index (χ0v) is 9.20. The third-order valence-electron chi connectivity index (χ3n) is 2.66. The van der Waals surface area contributed by atoms with E-state index in [1.165, 1.54) is 29.3 Å². The molecular formula is C11H13F2N3O. The molecule has 4 nitrogen and oxygen atoms in total. The van der Waals surface area contributed by atoms with E-state index in [2.05, 4.69) is 10.3 Å². The molecule has 2 rings (SSSR count). The number of carbonyl (C=O) groups excluding carboxylic acids is 1. The summed E-state index contributed by atoms with van der Waals surface area (Å²) in [6, 6.07) is 4.15. The fraction of sp³-hybridized carbons (Fsp3) is 0.455. The van der Waals surface area contributed by atoms with Crippen LogP contribution in [-0.2, 0) is 10.7 Å². The normalized spacial score (nSPS) is 16.9. The van der Waals surface area contributed by atoms with Crippen molar-refractivity contribution in [1.82, 2.24) is 15.2 Å². The first kappa shape index (κ1) is 11.9. The third-order valence-corrected chi connectivity index (χ3v) is 2.66. The van der Waals surface area contributed by atoms with Crippen molar-refractivity contribution in [3.63, 3.8) is 0 Å². The summed E-state index contributed by atoms with van der Waals surface area (Å²) >= 11 is 0. The van der Waals surface area contributed by atoms with Crippen LogP contribution in [0.3, 0.4) is 0 Å². The Morgan fingerprint density at radius 2 is 2.06 bits per heavy atom. The van der Waals surface area contributed by atoms with Crippen LogP contribution in [0.15, 0.2) is 24.4 Å². The average molecular weight is 241 g/mol. The molecule has 1 aliphatic rings. The molecule has 0 aromatic carbocycles. The minimum absolute atomic E-state index is 0.307. The molecule has 1 aromatic heterocycles. The van der Waals surface area contributed by atoms with Gasteiger partial charge in [-0.3, -0.25) is 9.78 Å². The summed E-state index contributed by atoms with van der Waals surface area (Å²) in [5, 5.41) is 3.01. The van der Waals surface area contributed by atoms with Crippen LogP contribution in [0.4, 0.5) is 8.78 Å². The van der Waals surface area contributed by atoms with E-state index < -0.39 is 17.5 Å². The quantitative estimate of drug-likeness (QED) is 0.825. The van der Waals surface area contributed by atoms with Gasteiger partial charge in [0, 0.05) is 32.4 Å². The van der Waals surface area contributed by atoms with Crippen LogP contribution in [0.1, 0.15) is 5.69 Å². The van der Waals surface area contributed by atoms with Crippen LogP contribution in [0.2, 0.25) is 0 Å². The number of nitrogens with zero attached hydrogens (tertiary/aromatic N) is 2. The Kier molecular flexibility index (Phi) is 3.33. The summed E-state index contributed by atoms with van der Waals surface area (Å²) in [5.74, 6) is -4.71. The Bertz CT molecular complexity index is 391. The second-order valence-corrected chi connectivity index (χ2v) is 3.83. The molecule has 17 heavy (non-hydrogen) atoms. The van der Waals surface area contributed by atoms with Gasteiger partial charge in [0.15, 0.2) is 0 Å². The summed E-state index contributed by atoms with van der Waals surface area (Å²) in [6.45, 7) is 1.70. The second-order valence-electron chi connectivity index (χ2n) is 3.83. The third kappa shape index (κ3) is 2.41. The maximum absolute atomic E-state index is 13.9. The van der Waals surface area contributed by atoms with E-state index in [0.717, 1.165) is 0 Å². The number of piperazine rings is 1. The molecule has 1 N–H and O–H groups in total. The van der Waals surface area contributed by atoms with Gasteiger partial charge in [-0.05, 0) is 12.1 Å². The molecule has 2 heterocycles. The second kappa shape index (κ2) is 4.75. The van der Waals surface area contributed by atoms with E-state index in [9.17, 15) is 13.6 Å². The van der Waals surface area contributed by atoms with E-state index in [1.807, 2.05) is 0 Å². The van der Waals surface area contributed by atoms with Gasteiger partial charge in [0.2, 0.25) is 0 Å². The van der Waals surface area contributed by atoms with Crippen LogP contribution in [0.25, 0.3) is 0 Å². The molecule has 0 bridgehead atoms. The van der Waals surface area contributed by atoms with E-state index in [-0.39, 0.29) is 0 Å². The molecule has 1 amide bonds. The number of hydrogen-bond acceptors (Lipinski definition) is 3. The summed E-state index contributed by atoms with van der Waals surface area (Å²) in [5.41, 5.74) is -0.497. The maximum atomic E-state index is 13.9. The van der Waals surface area contributed by atoms with E-state index in [1.54, 1.807) is 0 Å². The Balaban J connectivity index is 2.17. The van der Waals surface area contributed by atoms with Gasteiger partial charge in [-0.15, -0.1) is 0 Å². The van der Waals surface area contributed by atoms with Crippen LogP contribution in [0, 0.1) is 0 Å². The standard InChI is InChI=1S/C11H13F2N3O/c12-11(13,9-3-1-2-4-15-9)10(17)16-7-5-14-6-8-16/h1-4,14H,5-8H2. The summed E-state index contributed by atoms with van der Waals surface area (Å²) < 4.78 is 27.7. The number of aromatic nitrogens is 1. The van der Waals surface area contributed by atoms with Crippen molar-refractivity contribution in [2.75, 3.05) is 26.2 Å². The van der Waals surface area contributed by atoms with Gasteiger partial charge in [0.05, 0.1) is 0 Å². The molecular weight excluding hydrogens is 228 g/mol. The molecule has 92 valence electrons. The van der Waals surface area contributed by atoms with Gasteiger partial charge in [0.25, 0.3) is 5.91 Å². The zero-order chi connectivity index (χ0) is 12.3. The predicted octanol–water partition coefficient (Wildman–Crippen LogP) is 0.605. The number of rotatable bonds is 2. The van der Waals surface area contributed by atoms with Gasteiger partial charge in [-0.25, -0.2) is 0 Å². The molecule has 1 saturated heterocycles. The Morgan fingerprint density at radius 1 is 1.35 bits per heavy atom. The van der Waals surface area contributed by atoms with Crippen molar-refractivity contribution in [3.8, 4) is 0 Å². The van der Waals surface area contributed by atoms with Crippen molar-refractivity contribution in [2.24, 2.45) is 0 Å². The van der Waals surface area contributed by atoms with Crippen molar-refractivity contribution in [1.29, 1.82) is 0 Å². The number of carbonyl (C=O) groups is 1. The smallest absolute Gasteiger partial charge is 0.335 e. The number of hydrogen-bond donors (Lipinski definition) is 1. The Hall–Kier alpha value is -1.56. The van der Waals surface area contributed by atoms with Gasteiger partial charge >= 0.3 is 5.92 Å². The van der Waals surface area contributed by atoms with Gasteiger partial charge in [-0.1, -0.05) is 6.07 Å². The lowest BCUT2D eigenvalue weighted by atomic mass is 10.1. The molecule has 0 aliphatic carbocycles. The minimum atomic E-state index is -3.54. The number of halogens is 2. The molecule has 0 unspecified atom stereocenters. The molecule has 0 radical (unpaired) electrons. The first-order valence-corrected chi connectivity index (χ1v) is 5.42. The highest BCUT2D eigenvalue weighted by molar-refractivity contribution is 5.84. The van der Waals surface area contributed by atoms with Crippen molar-refractivity contribution in [2.45, 2.75) is 5.92 Å². The van der Waals surface area contributed by atoms with Crippen molar-refractivity contribution in [3.05, 3.63) is 30.1 Å². The van der Waals surface area contributed by atoms with Gasteiger partial charge < -0.3 is 10.2 Å². The topological polar surface area (TPSA) is 45.2 Å². The highest BCUT2D eigenvalue weighted by Gasteiger charge is 2.45. The van der Waals surface area contributed by atoms with Crippen molar-refractivity contribution >= 4 is 5.91 Å². The average Bonchev–Trinajstić information content (AvgIpc) is 2.40. The first-order chi connectivity index (χ1) is 8.12. The minimum Gasteiger partial charge on any atom is -0.335 e. The lowest BCUT2D eigenvalue weighted by molar-refractivity contribution is -0.160. The molecule has 1 aliphatic heterocycles. The largest absolute Gasteiger partial charge is 0.366 e. The highest BCUT2D eigenvalue weighted by atomic mass is 19.3. The van der Waals surface area contributed by atoms with Crippen LogP contribution < -0.4 is 5.32 Å². The van der Waals surface area contributed by atoms with Crippen molar-refractivity contribution < 1.29 is 13.6 Å². The molecule has 0 spiro atoms.